The molecule has 0 bridgehead atoms. The summed E-state index contributed by atoms with van der Waals surface area (Å²) in [7, 11) is 0. The lowest BCUT2D eigenvalue weighted by atomic mass is 9.99. The molecule has 0 amide bonds. The van der Waals surface area contributed by atoms with Gasteiger partial charge in [0.05, 0.1) is 6.61 Å². The van der Waals surface area contributed by atoms with Crippen LogP contribution in [0, 0.1) is 0 Å². The van der Waals surface area contributed by atoms with Crippen molar-refractivity contribution in [2.24, 2.45) is 5.73 Å². The SMILES string of the molecule is NCC1CCc2cc3c(cc21)OCC3. The number of fused-ring (bicyclic) bond motifs is 2. The molecule has 1 unspecified atom stereocenters. The summed E-state index contributed by atoms with van der Waals surface area (Å²) in [5, 5.41) is 0. The van der Waals surface area contributed by atoms with Crippen molar-refractivity contribution in [3.63, 3.8) is 0 Å². The molecule has 0 radical (unpaired) electrons. The minimum absolute atomic E-state index is 0.569. The minimum Gasteiger partial charge on any atom is -0.493 e. The van der Waals surface area contributed by atoms with Crippen LogP contribution in [0.15, 0.2) is 12.1 Å². The highest BCUT2D eigenvalue weighted by Crippen LogP contribution is 2.38. The summed E-state index contributed by atoms with van der Waals surface area (Å²) in [6, 6.07) is 4.55. The van der Waals surface area contributed by atoms with Crippen LogP contribution >= 0.6 is 0 Å². The molecule has 1 aromatic carbocycles. The largest absolute Gasteiger partial charge is 0.493 e. The number of benzene rings is 1. The third-order valence-corrected chi connectivity index (χ3v) is 3.44. The molecule has 14 heavy (non-hydrogen) atoms. The predicted octanol–water partition coefficient (Wildman–Crippen LogP) is 1.61. The third kappa shape index (κ3) is 1.07. The zero-order chi connectivity index (χ0) is 9.54. The molecule has 2 nitrogen and oxygen atoms in total. The average Bonchev–Trinajstić information content (AvgIpc) is 2.78. The molecule has 1 aromatic rings. The molecular formula is C12H15NO. The lowest BCUT2D eigenvalue weighted by molar-refractivity contribution is 0.356. The van der Waals surface area contributed by atoms with Crippen LogP contribution in [-0.2, 0) is 12.8 Å². The van der Waals surface area contributed by atoms with E-state index in [9.17, 15) is 0 Å². The van der Waals surface area contributed by atoms with Crippen molar-refractivity contribution in [3.8, 4) is 5.75 Å². The second-order valence-electron chi connectivity index (χ2n) is 4.23. The first-order valence-corrected chi connectivity index (χ1v) is 5.37. The summed E-state index contributed by atoms with van der Waals surface area (Å²) in [5.41, 5.74) is 10.1. The molecule has 1 aliphatic heterocycles. The second kappa shape index (κ2) is 2.99. The molecular weight excluding hydrogens is 174 g/mol. The topological polar surface area (TPSA) is 35.2 Å². The second-order valence-corrected chi connectivity index (χ2v) is 4.23. The zero-order valence-corrected chi connectivity index (χ0v) is 8.25. The van der Waals surface area contributed by atoms with E-state index < -0.39 is 0 Å². The maximum absolute atomic E-state index is 5.75. The lowest BCUT2D eigenvalue weighted by Crippen LogP contribution is -2.09. The van der Waals surface area contributed by atoms with Crippen molar-refractivity contribution in [1.82, 2.24) is 0 Å². The van der Waals surface area contributed by atoms with Gasteiger partial charge in [-0.1, -0.05) is 6.07 Å². The van der Waals surface area contributed by atoms with E-state index in [2.05, 4.69) is 12.1 Å². The van der Waals surface area contributed by atoms with Gasteiger partial charge in [0, 0.05) is 6.42 Å². The Hall–Kier alpha value is -1.02. The van der Waals surface area contributed by atoms with Gasteiger partial charge in [0.1, 0.15) is 5.75 Å². The number of hydrogen-bond donors (Lipinski definition) is 1. The Kier molecular flexibility index (Phi) is 1.77. The normalized spacial score (nSPS) is 23.1. The van der Waals surface area contributed by atoms with Crippen LogP contribution in [0.3, 0.4) is 0 Å². The molecule has 3 rings (SSSR count). The van der Waals surface area contributed by atoms with E-state index in [1.54, 1.807) is 0 Å². The fourth-order valence-corrected chi connectivity index (χ4v) is 2.62. The van der Waals surface area contributed by atoms with Crippen LogP contribution in [0.5, 0.6) is 5.75 Å². The standard InChI is InChI=1S/C12H15NO/c13-7-10-2-1-8-5-9-3-4-14-12(9)6-11(8)10/h5-6,10H,1-4,7,13H2. The summed E-state index contributed by atoms with van der Waals surface area (Å²) in [6.07, 6.45) is 3.50. The Morgan fingerprint density at radius 3 is 3.07 bits per heavy atom. The van der Waals surface area contributed by atoms with E-state index in [1.807, 2.05) is 0 Å². The maximum Gasteiger partial charge on any atom is 0.122 e. The molecule has 0 saturated heterocycles. The Bertz CT molecular complexity index is 373. The average molecular weight is 189 g/mol. The van der Waals surface area contributed by atoms with Gasteiger partial charge < -0.3 is 10.5 Å². The minimum atomic E-state index is 0.569. The summed E-state index contributed by atoms with van der Waals surface area (Å²) >= 11 is 0. The van der Waals surface area contributed by atoms with Crippen LogP contribution in [0.1, 0.15) is 29.0 Å². The first kappa shape index (κ1) is 8.30. The highest BCUT2D eigenvalue weighted by atomic mass is 16.5. The van der Waals surface area contributed by atoms with Gasteiger partial charge in [-0.15, -0.1) is 0 Å². The molecule has 2 N–H and O–H groups in total. The Morgan fingerprint density at radius 2 is 2.21 bits per heavy atom. The van der Waals surface area contributed by atoms with Crippen LogP contribution in [0.4, 0.5) is 0 Å². The van der Waals surface area contributed by atoms with Crippen molar-refractivity contribution >= 4 is 0 Å². The number of hydrogen-bond acceptors (Lipinski definition) is 2. The third-order valence-electron chi connectivity index (χ3n) is 3.44. The smallest absolute Gasteiger partial charge is 0.122 e. The summed E-state index contributed by atoms with van der Waals surface area (Å²) in [6.45, 7) is 1.62. The number of nitrogens with two attached hydrogens (primary N) is 1. The van der Waals surface area contributed by atoms with E-state index in [-0.39, 0.29) is 0 Å². The van der Waals surface area contributed by atoms with Crippen molar-refractivity contribution in [2.75, 3.05) is 13.2 Å². The van der Waals surface area contributed by atoms with Crippen LogP contribution in [-0.4, -0.2) is 13.2 Å². The monoisotopic (exact) mass is 189 g/mol. The molecule has 1 atom stereocenters. The number of aryl methyl sites for hydroxylation is 1. The van der Waals surface area contributed by atoms with Crippen LogP contribution in [0.25, 0.3) is 0 Å². The molecule has 1 heterocycles. The highest BCUT2D eigenvalue weighted by molar-refractivity contribution is 5.48. The van der Waals surface area contributed by atoms with Crippen LogP contribution in [0.2, 0.25) is 0 Å². The highest BCUT2D eigenvalue weighted by Gasteiger charge is 2.24. The van der Waals surface area contributed by atoms with Gasteiger partial charge in [-0.05, 0) is 48.1 Å². The molecule has 0 fully saturated rings. The quantitative estimate of drug-likeness (QED) is 0.728. The van der Waals surface area contributed by atoms with Crippen LogP contribution < -0.4 is 10.5 Å². The van der Waals surface area contributed by atoms with Crippen molar-refractivity contribution < 1.29 is 4.74 Å². The van der Waals surface area contributed by atoms with Gasteiger partial charge in [-0.3, -0.25) is 0 Å². The van der Waals surface area contributed by atoms with E-state index in [0.717, 1.165) is 25.3 Å². The van der Waals surface area contributed by atoms with Crippen molar-refractivity contribution in [1.29, 1.82) is 0 Å². The summed E-state index contributed by atoms with van der Waals surface area (Å²) < 4.78 is 5.58. The fraction of sp³-hybridized carbons (Fsp3) is 0.500. The van der Waals surface area contributed by atoms with Gasteiger partial charge in [0.15, 0.2) is 0 Å². The van der Waals surface area contributed by atoms with E-state index in [1.165, 1.54) is 29.5 Å². The molecule has 2 heteroatoms. The zero-order valence-electron chi connectivity index (χ0n) is 8.25. The summed E-state index contributed by atoms with van der Waals surface area (Å²) in [4.78, 5) is 0. The van der Waals surface area contributed by atoms with Gasteiger partial charge in [0.2, 0.25) is 0 Å². The molecule has 0 spiro atoms. The Labute approximate surface area is 84.1 Å². The van der Waals surface area contributed by atoms with Gasteiger partial charge in [-0.25, -0.2) is 0 Å². The van der Waals surface area contributed by atoms with E-state index in [0.29, 0.717) is 5.92 Å². The van der Waals surface area contributed by atoms with E-state index >= 15 is 0 Å². The molecule has 0 aromatic heterocycles. The van der Waals surface area contributed by atoms with Gasteiger partial charge in [0.25, 0.3) is 0 Å². The van der Waals surface area contributed by atoms with E-state index in [4.69, 9.17) is 10.5 Å². The van der Waals surface area contributed by atoms with Gasteiger partial charge in [-0.2, -0.15) is 0 Å². The molecule has 1 aliphatic carbocycles. The summed E-state index contributed by atoms with van der Waals surface area (Å²) in [5.74, 6) is 1.67. The lowest BCUT2D eigenvalue weighted by Gasteiger charge is -2.09. The van der Waals surface area contributed by atoms with Crippen molar-refractivity contribution in [3.05, 3.63) is 28.8 Å². The maximum atomic E-state index is 5.75. The fourth-order valence-electron chi connectivity index (χ4n) is 2.62. The first-order chi connectivity index (χ1) is 6.88. The molecule has 0 saturated carbocycles. The Balaban J connectivity index is 2.09. The Morgan fingerprint density at radius 1 is 1.29 bits per heavy atom. The molecule has 2 aliphatic rings. The molecule has 74 valence electrons. The van der Waals surface area contributed by atoms with Gasteiger partial charge >= 0.3 is 0 Å². The number of ether oxygens (including phenoxy) is 1. The first-order valence-electron chi connectivity index (χ1n) is 5.37. The number of rotatable bonds is 1. The predicted molar refractivity (Wildman–Crippen MR) is 55.8 cm³/mol. The van der Waals surface area contributed by atoms with Crippen molar-refractivity contribution in [2.45, 2.75) is 25.2 Å².